The zero-order valence-corrected chi connectivity index (χ0v) is 13.0. The number of halogens is 2. The highest BCUT2D eigenvalue weighted by molar-refractivity contribution is 5.94. The molecule has 0 aliphatic heterocycles. The lowest BCUT2D eigenvalue weighted by atomic mass is 9.98. The number of carbonyl (C=O) groups is 1. The van der Waals surface area contributed by atoms with Crippen LogP contribution in [0, 0.1) is 0 Å². The lowest BCUT2D eigenvalue weighted by Crippen LogP contribution is -2.37. The van der Waals surface area contributed by atoms with Crippen molar-refractivity contribution in [2.75, 3.05) is 19.7 Å². The Labute approximate surface area is 134 Å². The van der Waals surface area contributed by atoms with Crippen LogP contribution < -0.4 is 4.74 Å². The predicted octanol–water partition coefficient (Wildman–Crippen LogP) is 2.49. The van der Waals surface area contributed by atoms with E-state index in [1.807, 2.05) is 0 Å². The third kappa shape index (κ3) is 5.42. The second-order valence-electron chi connectivity index (χ2n) is 5.63. The molecule has 23 heavy (non-hydrogen) atoms. The molecule has 0 aromatic carbocycles. The van der Waals surface area contributed by atoms with Crippen molar-refractivity contribution in [3.8, 4) is 5.88 Å². The average Bonchev–Trinajstić information content (AvgIpc) is 2.54. The van der Waals surface area contributed by atoms with E-state index in [1.54, 1.807) is 0 Å². The zero-order valence-electron chi connectivity index (χ0n) is 13.0. The summed E-state index contributed by atoms with van der Waals surface area (Å²) in [6.45, 7) is -1.21. The molecule has 1 N–H and O–H groups in total. The van der Waals surface area contributed by atoms with Gasteiger partial charge in [-0.15, -0.1) is 0 Å². The summed E-state index contributed by atoms with van der Waals surface area (Å²) in [5, 5.41) is 8.94. The number of aliphatic hydroxyl groups is 1. The average molecular weight is 328 g/mol. The van der Waals surface area contributed by atoms with Crippen molar-refractivity contribution in [2.24, 2.45) is 0 Å². The summed E-state index contributed by atoms with van der Waals surface area (Å²) in [5.41, 5.74) is 0.236. The number of alkyl halides is 2. The number of hydrogen-bond donors (Lipinski definition) is 1. The monoisotopic (exact) mass is 328 g/mol. The number of pyridine rings is 1. The maximum atomic E-state index is 12.6. The molecule has 0 saturated heterocycles. The van der Waals surface area contributed by atoms with Crippen LogP contribution in [-0.2, 0) is 0 Å². The van der Waals surface area contributed by atoms with Crippen LogP contribution in [0.15, 0.2) is 18.3 Å². The Hall–Kier alpha value is -1.76. The highest BCUT2D eigenvalue weighted by Crippen LogP contribution is 2.23. The molecule has 0 bridgehead atoms. The standard InChI is InChI=1S/C16H22F2N2O3/c17-14(18)11-20(8-9-21)16(22)12-6-7-19-15(10-12)23-13-4-2-1-3-5-13/h6-7,10,13-14,21H,1-5,8-9,11H2. The molecule has 1 fully saturated rings. The zero-order chi connectivity index (χ0) is 16.7. The van der Waals surface area contributed by atoms with E-state index in [0.29, 0.717) is 5.88 Å². The number of hydrogen-bond acceptors (Lipinski definition) is 4. The van der Waals surface area contributed by atoms with Crippen molar-refractivity contribution in [2.45, 2.75) is 44.6 Å². The first-order valence-corrected chi connectivity index (χ1v) is 7.91. The molecular weight excluding hydrogens is 306 g/mol. The molecule has 7 heteroatoms. The van der Waals surface area contributed by atoms with Crippen LogP contribution in [-0.4, -0.2) is 53.1 Å². The van der Waals surface area contributed by atoms with Gasteiger partial charge in [0.15, 0.2) is 0 Å². The minimum Gasteiger partial charge on any atom is -0.474 e. The topological polar surface area (TPSA) is 62.7 Å². The summed E-state index contributed by atoms with van der Waals surface area (Å²) in [4.78, 5) is 17.3. The second-order valence-corrected chi connectivity index (χ2v) is 5.63. The second kappa shape index (κ2) is 8.76. The van der Waals surface area contributed by atoms with Crippen LogP contribution in [0.25, 0.3) is 0 Å². The lowest BCUT2D eigenvalue weighted by Gasteiger charge is -2.23. The first-order valence-electron chi connectivity index (χ1n) is 7.91. The fraction of sp³-hybridized carbons (Fsp3) is 0.625. The van der Waals surface area contributed by atoms with Gasteiger partial charge in [-0.05, 0) is 31.7 Å². The van der Waals surface area contributed by atoms with E-state index in [1.165, 1.54) is 24.8 Å². The van der Waals surface area contributed by atoms with Gasteiger partial charge in [0, 0.05) is 24.4 Å². The van der Waals surface area contributed by atoms with E-state index in [9.17, 15) is 13.6 Å². The molecule has 128 valence electrons. The summed E-state index contributed by atoms with van der Waals surface area (Å²) in [6, 6.07) is 2.94. The number of carbonyl (C=O) groups excluding carboxylic acids is 1. The molecule has 5 nitrogen and oxygen atoms in total. The molecule has 1 heterocycles. The molecule has 1 aromatic heterocycles. The maximum Gasteiger partial charge on any atom is 0.255 e. The minimum atomic E-state index is -2.65. The lowest BCUT2D eigenvalue weighted by molar-refractivity contribution is 0.0508. The van der Waals surface area contributed by atoms with Gasteiger partial charge in [0.05, 0.1) is 13.2 Å². The van der Waals surface area contributed by atoms with Gasteiger partial charge in [-0.25, -0.2) is 13.8 Å². The number of amides is 1. The van der Waals surface area contributed by atoms with Gasteiger partial charge in [0.1, 0.15) is 6.10 Å². The van der Waals surface area contributed by atoms with Crippen molar-refractivity contribution in [1.82, 2.24) is 9.88 Å². The van der Waals surface area contributed by atoms with Gasteiger partial charge < -0.3 is 14.7 Å². The van der Waals surface area contributed by atoms with E-state index < -0.39 is 18.9 Å². The normalized spacial score (nSPS) is 15.7. The number of aromatic nitrogens is 1. The number of aliphatic hydroxyl groups excluding tert-OH is 1. The van der Waals surface area contributed by atoms with E-state index in [0.717, 1.165) is 30.6 Å². The molecule has 0 unspecified atom stereocenters. The summed E-state index contributed by atoms with van der Waals surface area (Å²) < 4.78 is 30.9. The molecule has 0 spiro atoms. The van der Waals surface area contributed by atoms with Crippen molar-refractivity contribution in [1.29, 1.82) is 0 Å². The molecule has 1 amide bonds. The summed E-state index contributed by atoms with van der Waals surface area (Å²) >= 11 is 0. The molecule has 2 rings (SSSR count). The maximum absolute atomic E-state index is 12.6. The Morgan fingerprint density at radius 3 is 2.78 bits per heavy atom. The molecule has 1 aliphatic carbocycles. The highest BCUT2D eigenvalue weighted by Gasteiger charge is 2.21. The fourth-order valence-electron chi connectivity index (χ4n) is 2.71. The SMILES string of the molecule is O=C(c1ccnc(OC2CCCCC2)c1)N(CCO)CC(F)F. The number of nitrogens with zero attached hydrogens (tertiary/aromatic N) is 2. The Bertz CT molecular complexity index is 508. The first kappa shape index (κ1) is 17.6. The van der Waals surface area contributed by atoms with Crippen molar-refractivity contribution in [3.05, 3.63) is 23.9 Å². The third-order valence-corrected chi connectivity index (χ3v) is 3.84. The van der Waals surface area contributed by atoms with Crippen LogP contribution in [0.4, 0.5) is 8.78 Å². The first-order chi connectivity index (χ1) is 11.1. The number of rotatable bonds is 7. The number of ether oxygens (including phenoxy) is 1. The smallest absolute Gasteiger partial charge is 0.255 e. The quantitative estimate of drug-likeness (QED) is 0.835. The molecule has 1 aromatic rings. The Morgan fingerprint density at radius 1 is 1.39 bits per heavy atom. The highest BCUT2D eigenvalue weighted by atomic mass is 19.3. The van der Waals surface area contributed by atoms with Crippen LogP contribution >= 0.6 is 0 Å². The van der Waals surface area contributed by atoms with E-state index in [4.69, 9.17) is 9.84 Å². The van der Waals surface area contributed by atoms with Crippen LogP contribution in [0.3, 0.4) is 0 Å². The van der Waals surface area contributed by atoms with Gasteiger partial charge in [-0.2, -0.15) is 0 Å². The molecule has 1 saturated carbocycles. The third-order valence-electron chi connectivity index (χ3n) is 3.84. The summed E-state index contributed by atoms with van der Waals surface area (Å²) in [7, 11) is 0. The molecule has 0 atom stereocenters. The van der Waals surface area contributed by atoms with Crippen molar-refractivity contribution in [3.63, 3.8) is 0 Å². The van der Waals surface area contributed by atoms with Gasteiger partial charge in [0.25, 0.3) is 12.3 Å². The summed E-state index contributed by atoms with van der Waals surface area (Å²) in [6.07, 6.45) is 4.23. The largest absolute Gasteiger partial charge is 0.474 e. The Morgan fingerprint density at radius 2 is 2.13 bits per heavy atom. The van der Waals surface area contributed by atoms with E-state index >= 15 is 0 Å². The Kier molecular flexibility index (Phi) is 6.70. The summed E-state index contributed by atoms with van der Waals surface area (Å²) in [5.74, 6) is -0.223. The van der Waals surface area contributed by atoms with Crippen molar-refractivity contribution < 1.29 is 23.4 Å². The van der Waals surface area contributed by atoms with Gasteiger partial charge in [-0.1, -0.05) is 6.42 Å². The van der Waals surface area contributed by atoms with Crippen LogP contribution in [0.5, 0.6) is 5.88 Å². The minimum absolute atomic E-state index is 0.0937. The fourth-order valence-corrected chi connectivity index (χ4v) is 2.71. The molecule has 0 radical (unpaired) electrons. The van der Waals surface area contributed by atoms with Gasteiger partial charge >= 0.3 is 0 Å². The van der Waals surface area contributed by atoms with Crippen molar-refractivity contribution >= 4 is 5.91 Å². The predicted molar refractivity (Wildman–Crippen MR) is 80.7 cm³/mol. The molecular formula is C16H22F2N2O3. The van der Waals surface area contributed by atoms with Gasteiger partial charge in [-0.3, -0.25) is 4.79 Å². The van der Waals surface area contributed by atoms with Crippen LogP contribution in [0.1, 0.15) is 42.5 Å². The van der Waals surface area contributed by atoms with Crippen LogP contribution in [0.2, 0.25) is 0 Å². The van der Waals surface area contributed by atoms with E-state index in [-0.39, 0.29) is 24.8 Å². The Balaban J connectivity index is 2.05. The van der Waals surface area contributed by atoms with E-state index in [2.05, 4.69) is 4.98 Å². The molecule has 1 aliphatic rings. The van der Waals surface area contributed by atoms with Gasteiger partial charge in [0.2, 0.25) is 5.88 Å².